The summed E-state index contributed by atoms with van der Waals surface area (Å²) in [5.74, 6) is 3.97. The molecule has 0 aliphatic heterocycles. The number of nitrogens with zero attached hydrogens (tertiary/aromatic N) is 2. The SMILES string of the molecule is Nc1ncc(Cl)nc1C#CCC(=O)O. The molecule has 0 amide bonds. The van der Waals surface area contributed by atoms with Gasteiger partial charge in [-0.3, -0.25) is 4.79 Å². The van der Waals surface area contributed by atoms with Crippen LogP contribution in [0.2, 0.25) is 5.15 Å². The van der Waals surface area contributed by atoms with Crippen molar-refractivity contribution < 1.29 is 9.90 Å². The molecule has 0 saturated heterocycles. The predicted molar refractivity (Wildman–Crippen MR) is 50.6 cm³/mol. The normalized spacial score (nSPS) is 8.93. The number of carboxylic acid groups (broad SMARTS) is 1. The van der Waals surface area contributed by atoms with Gasteiger partial charge in [-0.25, -0.2) is 9.97 Å². The number of anilines is 1. The number of aromatic nitrogens is 2. The number of aliphatic carboxylic acids is 1. The minimum absolute atomic E-state index is 0.132. The van der Waals surface area contributed by atoms with Crippen molar-refractivity contribution >= 4 is 23.4 Å². The van der Waals surface area contributed by atoms with Crippen LogP contribution in [0, 0.1) is 11.8 Å². The molecule has 0 fully saturated rings. The third-order valence-corrected chi connectivity index (χ3v) is 1.40. The highest BCUT2D eigenvalue weighted by molar-refractivity contribution is 6.29. The first kappa shape index (κ1) is 10.3. The topological polar surface area (TPSA) is 89.1 Å². The van der Waals surface area contributed by atoms with Crippen LogP contribution in [0.5, 0.6) is 0 Å². The van der Waals surface area contributed by atoms with Crippen LogP contribution in [0.4, 0.5) is 5.82 Å². The van der Waals surface area contributed by atoms with E-state index in [4.69, 9.17) is 22.4 Å². The van der Waals surface area contributed by atoms with Gasteiger partial charge in [-0.05, 0) is 5.92 Å². The summed E-state index contributed by atoms with van der Waals surface area (Å²) in [5.41, 5.74) is 5.62. The molecule has 0 spiro atoms. The van der Waals surface area contributed by atoms with E-state index in [1.807, 2.05) is 0 Å². The second kappa shape index (κ2) is 4.44. The van der Waals surface area contributed by atoms with E-state index in [-0.39, 0.29) is 23.1 Å². The summed E-state index contributed by atoms with van der Waals surface area (Å²) in [6, 6.07) is 0. The van der Waals surface area contributed by atoms with Gasteiger partial charge in [0.1, 0.15) is 11.6 Å². The molecule has 0 bridgehead atoms. The number of carbonyl (C=O) groups is 1. The maximum atomic E-state index is 10.1. The van der Waals surface area contributed by atoms with Crippen molar-refractivity contribution in [3.05, 3.63) is 17.0 Å². The fourth-order valence-corrected chi connectivity index (χ4v) is 0.806. The van der Waals surface area contributed by atoms with Gasteiger partial charge in [0.25, 0.3) is 0 Å². The van der Waals surface area contributed by atoms with E-state index in [9.17, 15) is 4.79 Å². The Morgan fingerprint density at radius 2 is 2.43 bits per heavy atom. The van der Waals surface area contributed by atoms with Crippen LogP contribution in [-0.2, 0) is 4.79 Å². The summed E-state index contributed by atoms with van der Waals surface area (Å²) in [5, 5.41) is 8.49. The third-order valence-electron chi connectivity index (χ3n) is 1.22. The van der Waals surface area contributed by atoms with Crippen molar-refractivity contribution in [2.45, 2.75) is 6.42 Å². The van der Waals surface area contributed by atoms with Crippen molar-refractivity contribution in [3.63, 3.8) is 0 Å². The van der Waals surface area contributed by atoms with Gasteiger partial charge in [0.2, 0.25) is 0 Å². The molecular formula is C8H6ClN3O2. The monoisotopic (exact) mass is 211 g/mol. The molecule has 0 saturated carbocycles. The highest BCUT2D eigenvalue weighted by atomic mass is 35.5. The number of nitrogen functional groups attached to an aromatic ring is 1. The molecule has 0 atom stereocenters. The number of rotatable bonds is 1. The Kier molecular flexibility index (Phi) is 3.26. The zero-order chi connectivity index (χ0) is 10.6. The van der Waals surface area contributed by atoms with Crippen molar-refractivity contribution in [2.24, 2.45) is 0 Å². The molecule has 0 unspecified atom stereocenters. The first-order valence-corrected chi connectivity index (χ1v) is 3.96. The molecule has 1 aromatic rings. The molecule has 0 aliphatic rings. The molecule has 6 heteroatoms. The van der Waals surface area contributed by atoms with E-state index < -0.39 is 5.97 Å². The molecule has 1 heterocycles. The maximum Gasteiger partial charge on any atom is 0.315 e. The van der Waals surface area contributed by atoms with Crippen LogP contribution in [0.15, 0.2) is 6.20 Å². The molecule has 3 N–H and O–H groups in total. The second-order valence-electron chi connectivity index (χ2n) is 2.30. The van der Waals surface area contributed by atoms with E-state index in [0.717, 1.165) is 0 Å². The molecular weight excluding hydrogens is 206 g/mol. The highest BCUT2D eigenvalue weighted by Crippen LogP contribution is 2.07. The van der Waals surface area contributed by atoms with Crippen LogP contribution in [0.1, 0.15) is 12.1 Å². The molecule has 1 rings (SSSR count). The minimum atomic E-state index is -1.01. The molecule has 0 radical (unpaired) electrons. The number of hydrogen-bond acceptors (Lipinski definition) is 4. The lowest BCUT2D eigenvalue weighted by Crippen LogP contribution is -1.97. The van der Waals surface area contributed by atoms with E-state index in [2.05, 4.69) is 21.8 Å². The van der Waals surface area contributed by atoms with Crippen LogP contribution >= 0.6 is 11.6 Å². The van der Waals surface area contributed by atoms with E-state index in [1.54, 1.807) is 0 Å². The molecule has 1 aromatic heterocycles. The van der Waals surface area contributed by atoms with Crippen molar-refractivity contribution in [1.82, 2.24) is 9.97 Å². The lowest BCUT2D eigenvalue weighted by atomic mass is 10.3. The van der Waals surface area contributed by atoms with Crippen molar-refractivity contribution in [1.29, 1.82) is 0 Å². The Bertz CT molecular complexity index is 422. The minimum Gasteiger partial charge on any atom is -0.481 e. The quantitative estimate of drug-likeness (QED) is 0.662. The molecule has 5 nitrogen and oxygen atoms in total. The molecule has 0 aliphatic carbocycles. The summed E-state index contributed by atoms with van der Waals surface area (Å²) in [6.45, 7) is 0. The fourth-order valence-electron chi connectivity index (χ4n) is 0.672. The molecule has 72 valence electrons. The van der Waals surface area contributed by atoms with Crippen LogP contribution in [0.25, 0.3) is 0 Å². The van der Waals surface area contributed by atoms with Crippen molar-refractivity contribution in [2.75, 3.05) is 5.73 Å². The van der Waals surface area contributed by atoms with Gasteiger partial charge in [-0.15, -0.1) is 0 Å². The summed E-state index contributed by atoms with van der Waals surface area (Å²) in [7, 11) is 0. The van der Waals surface area contributed by atoms with E-state index in [1.165, 1.54) is 6.20 Å². The standard InChI is InChI=1S/C8H6ClN3O2/c9-6-4-11-8(10)5(12-6)2-1-3-7(13)14/h4H,3H2,(H2,10,11)(H,13,14). The van der Waals surface area contributed by atoms with Crippen LogP contribution in [0.3, 0.4) is 0 Å². The van der Waals surface area contributed by atoms with Gasteiger partial charge in [0, 0.05) is 0 Å². The third kappa shape index (κ3) is 2.92. The largest absolute Gasteiger partial charge is 0.481 e. The summed E-state index contributed by atoms with van der Waals surface area (Å²) >= 11 is 5.55. The lowest BCUT2D eigenvalue weighted by Gasteiger charge is -1.95. The lowest BCUT2D eigenvalue weighted by molar-refractivity contribution is -0.135. The van der Waals surface area contributed by atoms with Gasteiger partial charge in [0.15, 0.2) is 11.5 Å². The van der Waals surface area contributed by atoms with Gasteiger partial charge in [0.05, 0.1) is 6.20 Å². The van der Waals surface area contributed by atoms with Gasteiger partial charge >= 0.3 is 5.97 Å². The van der Waals surface area contributed by atoms with Crippen LogP contribution < -0.4 is 5.73 Å². The maximum absolute atomic E-state index is 10.1. The first-order chi connectivity index (χ1) is 6.59. The number of nitrogens with two attached hydrogens (primary N) is 1. The van der Waals surface area contributed by atoms with Gasteiger partial charge in [-0.2, -0.15) is 0 Å². The molecule has 0 aromatic carbocycles. The average Bonchev–Trinajstić information content (AvgIpc) is 2.10. The Morgan fingerprint density at radius 1 is 1.71 bits per heavy atom. The summed E-state index contributed by atoms with van der Waals surface area (Å²) < 4.78 is 0. The summed E-state index contributed by atoms with van der Waals surface area (Å²) in [6.07, 6.45) is 1.02. The Labute approximate surface area is 84.9 Å². The van der Waals surface area contributed by atoms with E-state index in [0.29, 0.717) is 0 Å². The first-order valence-electron chi connectivity index (χ1n) is 3.58. The number of hydrogen-bond donors (Lipinski definition) is 2. The Balaban J connectivity index is 2.88. The average molecular weight is 212 g/mol. The number of halogens is 1. The zero-order valence-electron chi connectivity index (χ0n) is 6.99. The van der Waals surface area contributed by atoms with Gasteiger partial charge < -0.3 is 10.8 Å². The predicted octanol–water partition coefficient (Wildman–Crippen LogP) is 0.538. The zero-order valence-corrected chi connectivity index (χ0v) is 7.75. The fraction of sp³-hybridized carbons (Fsp3) is 0.125. The molecule has 14 heavy (non-hydrogen) atoms. The number of carboxylic acids is 1. The highest BCUT2D eigenvalue weighted by Gasteiger charge is 1.99. The summed E-state index contributed by atoms with van der Waals surface area (Å²) in [4.78, 5) is 17.6. The Hall–Kier alpha value is -1.80. The Morgan fingerprint density at radius 3 is 3.07 bits per heavy atom. The smallest absolute Gasteiger partial charge is 0.315 e. The second-order valence-corrected chi connectivity index (χ2v) is 2.69. The van der Waals surface area contributed by atoms with Crippen LogP contribution in [-0.4, -0.2) is 21.0 Å². The van der Waals surface area contributed by atoms with Gasteiger partial charge in [-0.1, -0.05) is 17.5 Å². The van der Waals surface area contributed by atoms with E-state index >= 15 is 0 Å². The van der Waals surface area contributed by atoms with Crippen molar-refractivity contribution in [3.8, 4) is 11.8 Å².